The van der Waals surface area contributed by atoms with E-state index in [1.807, 2.05) is 24.3 Å². The summed E-state index contributed by atoms with van der Waals surface area (Å²) in [5.41, 5.74) is 1.49. The molecule has 1 aromatic rings. The molecule has 0 bridgehead atoms. The Morgan fingerprint density at radius 3 is 3.05 bits per heavy atom. The number of carbonyl (C=O) groups excluding carboxylic acids is 1. The van der Waals surface area contributed by atoms with Gasteiger partial charge in [-0.3, -0.25) is 4.79 Å². The Kier molecular flexibility index (Phi) is 5.60. The Labute approximate surface area is 119 Å². The largest absolute Gasteiger partial charge is 0.395 e. The van der Waals surface area contributed by atoms with Gasteiger partial charge in [-0.05, 0) is 25.0 Å². The first-order valence-corrected chi connectivity index (χ1v) is 6.88. The molecule has 20 heavy (non-hydrogen) atoms. The number of carbonyl (C=O) groups is 1. The van der Waals surface area contributed by atoms with E-state index in [1.54, 1.807) is 0 Å². The van der Waals surface area contributed by atoms with Crippen molar-refractivity contribution < 1.29 is 14.6 Å². The molecule has 2 rings (SSSR count). The van der Waals surface area contributed by atoms with Gasteiger partial charge < -0.3 is 15.2 Å². The van der Waals surface area contributed by atoms with Crippen LogP contribution in [0.1, 0.15) is 24.8 Å². The number of hydrogen-bond donors (Lipinski definition) is 2. The Morgan fingerprint density at radius 1 is 1.45 bits per heavy atom. The first kappa shape index (κ1) is 14.6. The topological polar surface area (TPSA) is 58.6 Å². The summed E-state index contributed by atoms with van der Waals surface area (Å²) in [6.45, 7) is 1.28. The average molecular weight is 273 g/mol. The van der Waals surface area contributed by atoms with E-state index in [1.165, 1.54) is 0 Å². The van der Waals surface area contributed by atoms with Crippen molar-refractivity contribution in [1.29, 1.82) is 0 Å². The second-order valence-corrected chi connectivity index (χ2v) is 4.72. The van der Waals surface area contributed by atoms with E-state index >= 15 is 0 Å². The van der Waals surface area contributed by atoms with E-state index in [4.69, 9.17) is 9.84 Å². The zero-order valence-corrected chi connectivity index (χ0v) is 11.4. The monoisotopic (exact) mass is 273 g/mol. The standard InChI is InChI=1S/C16H19NO3/c18-10-4-3-7-13-6-1-2-9-15(13)17-16(19)14-8-5-11-20-12-14/h1-2,6,9,14,18H,4-5,8,10-12H2,(H,17,19). The summed E-state index contributed by atoms with van der Waals surface area (Å²) in [5.74, 6) is 5.74. The predicted octanol–water partition coefficient (Wildman–Crippen LogP) is 1.79. The summed E-state index contributed by atoms with van der Waals surface area (Å²) in [7, 11) is 0. The second-order valence-electron chi connectivity index (χ2n) is 4.72. The minimum atomic E-state index is -0.0813. The maximum absolute atomic E-state index is 12.2. The summed E-state index contributed by atoms with van der Waals surface area (Å²) >= 11 is 0. The zero-order chi connectivity index (χ0) is 14.2. The number of benzene rings is 1. The van der Waals surface area contributed by atoms with Gasteiger partial charge in [0.1, 0.15) is 0 Å². The number of nitrogens with one attached hydrogen (secondary N) is 1. The molecule has 1 heterocycles. The Balaban J connectivity index is 2.05. The van der Waals surface area contributed by atoms with Crippen LogP contribution in [0.25, 0.3) is 0 Å². The second kappa shape index (κ2) is 7.68. The van der Waals surface area contributed by atoms with E-state index < -0.39 is 0 Å². The third kappa shape index (κ3) is 4.09. The number of amides is 1. The van der Waals surface area contributed by atoms with Crippen LogP contribution in [0.4, 0.5) is 5.69 Å². The number of aliphatic hydroxyl groups excluding tert-OH is 1. The summed E-state index contributed by atoms with van der Waals surface area (Å²) in [6, 6.07) is 7.44. The third-order valence-corrected chi connectivity index (χ3v) is 3.18. The molecule has 1 atom stereocenters. The van der Waals surface area contributed by atoms with Gasteiger partial charge in [-0.25, -0.2) is 0 Å². The molecule has 1 aliphatic heterocycles. The Bertz CT molecular complexity index is 510. The van der Waals surface area contributed by atoms with Crippen LogP contribution in [0.15, 0.2) is 24.3 Å². The molecule has 0 aromatic heterocycles. The van der Waals surface area contributed by atoms with Crippen LogP contribution < -0.4 is 5.32 Å². The van der Waals surface area contributed by atoms with Gasteiger partial charge >= 0.3 is 0 Å². The van der Waals surface area contributed by atoms with Crippen LogP contribution >= 0.6 is 0 Å². The molecule has 1 saturated heterocycles. The van der Waals surface area contributed by atoms with Gasteiger partial charge in [-0.15, -0.1) is 0 Å². The Hall–Kier alpha value is -1.83. The molecular weight excluding hydrogens is 254 g/mol. The molecule has 1 aliphatic rings. The molecular formula is C16H19NO3. The van der Waals surface area contributed by atoms with Crippen LogP contribution in [0.3, 0.4) is 0 Å². The molecule has 4 heteroatoms. The Morgan fingerprint density at radius 2 is 2.30 bits per heavy atom. The van der Waals surface area contributed by atoms with Crippen molar-refractivity contribution in [3.05, 3.63) is 29.8 Å². The van der Waals surface area contributed by atoms with Crippen LogP contribution in [0.2, 0.25) is 0 Å². The average Bonchev–Trinajstić information content (AvgIpc) is 2.50. The number of ether oxygens (including phenoxy) is 1. The van der Waals surface area contributed by atoms with E-state index in [2.05, 4.69) is 17.2 Å². The normalized spacial score (nSPS) is 17.9. The van der Waals surface area contributed by atoms with Crippen LogP contribution in [0.5, 0.6) is 0 Å². The molecule has 106 valence electrons. The van der Waals surface area contributed by atoms with E-state index in [9.17, 15) is 4.79 Å². The lowest BCUT2D eigenvalue weighted by atomic mass is 10.0. The molecule has 1 aromatic carbocycles. The maximum Gasteiger partial charge on any atom is 0.229 e. The van der Waals surface area contributed by atoms with Crippen molar-refractivity contribution in [3.63, 3.8) is 0 Å². The highest BCUT2D eigenvalue weighted by atomic mass is 16.5. The highest BCUT2D eigenvalue weighted by Crippen LogP contribution is 2.19. The van der Waals surface area contributed by atoms with E-state index in [0.29, 0.717) is 18.7 Å². The van der Waals surface area contributed by atoms with Gasteiger partial charge in [0.25, 0.3) is 0 Å². The SMILES string of the molecule is O=C(Nc1ccccc1C#CCCO)C1CCCOC1. The molecule has 1 unspecified atom stereocenters. The van der Waals surface area contributed by atoms with Crippen molar-refractivity contribution in [1.82, 2.24) is 0 Å². The summed E-state index contributed by atoms with van der Waals surface area (Å²) in [5, 5.41) is 11.7. The van der Waals surface area contributed by atoms with Gasteiger partial charge in [0, 0.05) is 18.6 Å². The number of rotatable bonds is 3. The fourth-order valence-electron chi connectivity index (χ4n) is 2.10. The highest BCUT2D eigenvalue weighted by molar-refractivity contribution is 5.94. The third-order valence-electron chi connectivity index (χ3n) is 3.18. The molecule has 0 spiro atoms. The van der Waals surface area contributed by atoms with Crippen LogP contribution in [-0.2, 0) is 9.53 Å². The van der Waals surface area contributed by atoms with Gasteiger partial charge in [0.05, 0.1) is 24.8 Å². The molecule has 0 radical (unpaired) electrons. The van der Waals surface area contributed by atoms with Crippen molar-refractivity contribution in [2.24, 2.45) is 5.92 Å². The van der Waals surface area contributed by atoms with Crippen molar-refractivity contribution >= 4 is 11.6 Å². The lowest BCUT2D eigenvalue weighted by molar-refractivity contribution is -0.123. The van der Waals surface area contributed by atoms with Crippen LogP contribution in [0, 0.1) is 17.8 Å². The summed E-state index contributed by atoms with van der Waals surface area (Å²) < 4.78 is 5.33. The fourth-order valence-corrected chi connectivity index (χ4v) is 2.10. The quantitative estimate of drug-likeness (QED) is 0.825. The predicted molar refractivity (Wildman–Crippen MR) is 77.2 cm³/mol. The van der Waals surface area contributed by atoms with Crippen molar-refractivity contribution in [3.8, 4) is 11.8 Å². The van der Waals surface area contributed by atoms with Gasteiger partial charge in [-0.1, -0.05) is 24.0 Å². The van der Waals surface area contributed by atoms with Crippen molar-refractivity contribution in [2.45, 2.75) is 19.3 Å². The van der Waals surface area contributed by atoms with Crippen molar-refractivity contribution in [2.75, 3.05) is 25.1 Å². The van der Waals surface area contributed by atoms with Gasteiger partial charge in [-0.2, -0.15) is 0 Å². The summed E-state index contributed by atoms with van der Waals surface area (Å²) in [6.07, 6.45) is 2.22. The van der Waals surface area contributed by atoms with Gasteiger partial charge in [0.15, 0.2) is 0 Å². The number of anilines is 1. The maximum atomic E-state index is 12.2. The molecule has 0 saturated carbocycles. The van der Waals surface area contributed by atoms with Gasteiger partial charge in [0.2, 0.25) is 5.91 Å². The fraction of sp³-hybridized carbons (Fsp3) is 0.438. The zero-order valence-electron chi connectivity index (χ0n) is 11.4. The molecule has 2 N–H and O–H groups in total. The highest BCUT2D eigenvalue weighted by Gasteiger charge is 2.22. The summed E-state index contributed by atoms with van der Waals surface area (Å²) in [4.78, 5) is 12.2. The minimum Gasteiger partial charge on any atom is -0.395 e. The lowest BCUT2D eigenvalue weighted by Crippen LogP contribution is -2.30. The molecule has 0 aliphatic carbocycles. The minimum absolute atomic E-state index is 0.0129. The molecule has 1 fully saturated rings. The van der Waals surface area contributed by atoms with E-state index in [0.717, 1.165) is 25.0 Å². The van der Waals surface area contributed by atoms with Crippen LogP contribution in [-0.4, -0.2) is 30.8 Å². The molecule has 4 nitrogen and oxygen atoms in total. The molecule has 1 amide bonds. The first-order valence-electron chi connectivity index (χ1n) is 6.88. The number of para-hydroxylation sites is 1. The first-order chi connectivity index (χ1) is 9.81. The lowest BCUT2D eigenvalue weighted by Gasteiger charge is -2.21. The van der Waals surface area contributed by atoms with E-state index in [-0.39, 0.29) is 18.4 Å². The number of aliphatic hydroxyl groups is 1. The smallest absolute Gasteiger partial charge is 0.229 e. The number of hydrogen-bond acceptors (Lipinski definition) is 3.